The molecule has 0 N–H and O–H groups in total. The first-order chi connectivity index (χ1) is 17.4. The van der Waals surface area contributed by atoms with Crippen LogP contribution in [0.1, 0.15) is 34.1 Å². The predicted molar refractivity (Wildman–Crippen MR) is 138 cm³/mol. The molecule has 1 atom stereocenters. The van der Waals surface area contributed by atoms with E-state index in [0.29, 0.717) is 44.0 Å². The van der Waals surface area contributed by atoms with Gasteiger partial charge >= 0.3 is 0 Å². The van der Waals surface area contributed by atoms with Gasteiger partial charge in [-0.3, -0.25) is 9.59 Å². The third-order valence-corrected chi connectivity index (χ3v) is 6.93. The van der Waals surface area contributed by atoms with Crippen LogP contribution in [0, 0.1) is 6.92 Å². The molecule has 1 unspecified atom stereocenters. The number of aromatic nitrogens is 1. The molecule has 1 aliphatic rings. The van der Waals surface area contributed by atoms with E-state index < -0.39 is 0 Å². The number of hydrogen-bond donors (Lipinski definition) is 0. The van der Waals surface area contributed by atoms with Crippen LogP contribution in [0.4, 0.5) is 0 Å². The average molecular weight is 486 g/mol. The highest BCUT2D eigenvalue weighted by molar-refractivity contribution is 5.98. The number of amides is 2. The standard InChI is InChI=1S/C29H31N3O4/c1-20-4-6-23(7-5-20)19-32-26(17-24-12-15-36-29(24)32)28(34)30-13-14-31(21(2)18-30)27(33)16-22-8-10-25(35-3)11-9-22/h4-12,15,17,21H,13-14,16,18-19H2,1-3H3. The zero-order valence-electron chi connectivity index (χ0n) is 20.9. The third-order valence-electron chi connectivity index (χ3n) is 6.93. The smallest absolute Gasteiger partial charge is 0.270 e. The minimum atomic E-state index is -0.0723. The Morgan fingerprint density at radius 3 is 2.42 bits per heavy atom. The van der Waals surface area contributed by atoms with Crippen LogP contribution in [0.25, 0.3) is 11.1 Å². The number of aryl methyl sites for hydroxylation is 1. The van der Waals surface area contributed by atoms with Gasteiger partial charge in [-0.15, -0.1) is 0 Å². The predicted octanol–water partition coefficient (Wildman–Crippen LogP) is 4.52. The maximum absolute atomic E-state index is 13.7. The fourth-order valence-electron chi connectivity index (χ4n) is 4.88. The van der Waals surface area contributed by atoms with E-state index in [2.05, 4.69) is 31.2 Å². The van der Waals surface area contributed by atoms with Crippen molar-refractivity contribution in [2.45, 2.75) is 32.9 Å². The van der Waals surface area contributed by atoms with Gasteiger partial charge in [0.1, 0.15) is 11.4 Å². The number of piperazine rings is 1. The number of ether oxygens (including phenoxy) is 1. The molecule has 3 heterocycles. The Labute approximate surface area is 210 Å². The summed E-state index contributed by atoms with van der Waals surface area (Å²) in [6.45, 7) is 6.11. The largest absolute Gasteiger partial charge is 0.497 e. The van der Waals surface area contributed by atoms with Crippen LogP contribution in [0.5, 0.6) is 5.75 Å². The summed E-state index contributed by atoms with van der Waals surface area (Å²) in [7, 11) is 1.62. The van der Waals surface area contributed by atoms with Crippen molar-refractivity contribution in [1.82, 2.24) is 14.4 Å². The fourth-order valence-corrected chi connectivity index (χ4v) is 4.88. The van der Waals surface area contributed by atoms with E-state index in [0.717, 1.165) is 22.3 Å². The van der Waals surface area contributed by atoms with Gasteiger partial charge in [0, 0.05) is 31.1 Å². The highest BCUT2D eigenvalue weighted by Gasteiger charge is 2.32. The Morgan fingerprint density at radius 2 is 1.72 bits per heavy atom. The molecule has 0 spiro atoms. The van der Waals surface area contributed by atoms with E-state index >= 15 is 0 Å². The van der Waals surface area contributed by atoms with Gasteiger partial charge in [-0.05, 0) is 49.2 Å². The lowest BCUT2D eigenvalue weighted by Gasteiger charge is -2.40. The number of carbonyl (C=O) groups is 2. The van der Waals surface area contributed by atoms with Crippen molar-refractivity contribution in [3.8, 4) is 5.75 Å². The van der Waals surface area contributed by atoms with Gasteiger partial charge in [-0.25, -0.2) is 0 Å². The van der Waals surface area contributed by atoms with Crippen molar-refractivity contribution in [3.63, 3.8) is 0 Å². The number of furan rings is 1. The third kappa shape index (κ3) is 4.73. The second-order valence-corrected chi connectivity index (χ2v) is 9.49. The summed E-state index contributed by atoms with van der Waals surface area (Å²) in [4.78, 5) is 30.4. The molecule has 5 rings (SSSR count). The topological polar surface area (TPSA) is 67.9 Å². The molecule has 2 amide bonds. The zero-order valence-corrected chi connectivity index (χ0v) is 20.9. The molecule has 1 aliphatic heterocycles. The van der Waals surface area contributed by atoms with Crippen LogP contribution in [-0.2, 0) is 17.8 Å². The Kier molecular flexibility index (Phi) is 6.55. The van der Waals surface area contributed by atoms with Crippen LogP contribution in [0.3, 0.4) is 0 Å². The van der Waals surface area contributed by atoms with E-state index in [-0.39, 0.29) is 17.9 Å². The first-order valence-corrected chi connectivity index (χ1v) is 12.3. The summed E-state index contributed by atoms with van der Waals surface area (Å²) in [5.74, 6) is 0.799. The van der Waals surface area contributed by atoms with Gasteiger partial charge in [0.05, 0.1) is 26.3 Å². The van der Waals surface area contributed by atoms with E-state index in [9.17, 15) is 9.59 Å². The fraction of sp³-hybridized carbons (Fsp3) is 0.310. The lowest BCUT2D eigenvalue weighted by atomic mass is 10.1. The summed E-state index contributed by atoms with van der Waals surface area (Å²) in [6.07, 6.45) is 1.98. The van der Waals surface area contributed by atoms with E-state index in [1.165, 1.54) is 5.56 Å². The Balaban J connectivity index is 1.29. The summed E-state index contributed by atoms with van der Waals surface area (Å²) in [5, 5.41) is 0.909. The van der Waals surface area contributed by atoms with Crippen LogP contribution in [0.15, 0.2) is 71.3 Å². The molecular formula is C29H31N3O4. The monoisotopic (exact) mass is 485 g/mol. The Hall–Kier alpha value is -4.00. The molecule has 1 fully saturated rings. The minimum Gasteiger partial charge on any atom is -0.497 e. The number of methoxy groups -OCH3 is 1. The molecule has 7 heteroatoms. The van der Waals surface area contributed by atoms with Crippen molar-refractivity contribution in [2.24, 2.45) is 0 Å². The summed E-state index contributed by atoms with van der Waals surface area (Å²) in [6, 6.07) is 19.6. The van der Waals surface area contributed by atoms with Crippen LogP contribution in [0.2, 0.25) is 0 Å². The first-order valence-electron chi connectivity index (χ1n) is 12.3. The molecule has 186 valence electrons. The number of fused-ring (bicyclic) bond motifs is 1. The zero-order chi connectivity index (χ0) is 25.2. The summed E-state index contributed by atoms with van der Waals surface area (Å²) >= 11 is 0. The number of carbonyl (C=O) groups excluding carboxylic acids is 2. The molecule has 4 aromatic rings. The quantitative estimate of drug-likeness (QED) is 0.403. The lowest BCUT2D eigenvalue weighted by molar-refractivity contribution is -0.134. The molecule has 7 nitrogen and oxygen atoms in total. The van der Waals surface area contributed by atoms with Gasteiger partial charge in [-0.1, -0.05) is 42.0 Å². The van der Waals surface area contributed by atoms with E-state index in [1.807, 2.05) is 57.7 Å². The second kappa shape index (κ2) is 9.93. The molecular weight excluding hydrogens is 454 g/mol. The van der Waals surface area contributed by atoms with Crippen LogP contribution >= 0.6 is 0 Å². The second-order valence-electron chi connectivity index (χ2n) is 9.49. The highest BCUT2D eigenvalue weighted by Crippen LogP contribution is 2.25. The van der Waals surface area contributed by atoms with Gasteiger partial charge < -0.3 is 23.5 Å². The van der Waals surface area contributed by atoms with Gasteiger partial charge in [-0.2, -0.15) is 0 Å². The number of hydrogen-bond acceptors (Lipinski definition) is 4. The van der Waals surface area contributed by atoms with Crippen molar-refractivity contribution in [1.29, 1.82) is 0 Å². The molecule has 0 radical (unpaired) electrons. The summed E-state index contributed by atoms with van der Waals surface area (Å²) < 4.78 is 12.9. The highest BCUT2D eigenvalue weighted by atomic mass is 16.5. The van der Waals surface area contributed by atoms with E-state index in [1.54, 1.807) is 13.4 Å². The van der Waals surface area contributed by atoms with Crippen LogP contribution < -0.4 is 4.74 Å². The maximum Gasteiger partial charge on any atom is 0.270 e. The van der Waals surface area contributed by atoms with Gasteiger partial charge in [0.2, 0.25) is 11.6 Å². The van der Waals surface area contributed by atoms with Crippen LogP contribution in [-0.4, -0.2) is 59.0 Å². The molecule has 36 heavy (non-hydrogen) atoms. The van der Waals surface area contributed by atoms with Crippen molar-refractivity contribution in [2.75, 3.05) is 26.7 Å². The minimum absolute atomic E-state index is 0.0392. The average Bonchev–Trinajstić information content (AvgIpc) is 3.48. The molecule has 0 bridgehead atoms. The lowest BCUT2D eigenvalue weighted by Crippen LogP contribution is -2.56. The number of rotatable bonds is 6. The maximum atomic E-state index is 13.7. The van der Waals surface area contributed by atoms with Gasteiger partial charge in [0.25, 0.3) is 5.91 Å². The summed E-state index contributed by atoms with van der Waals surface area (Å²) in [5.41, 5.74) is 4.54. The first kappa shape index (κ1) is 23.7. The van der Waals surface area contributed by atoms with Gasteiger partial charge in [0.15, 0.2) is 0 Å². The molecule has 0 saturated carbocycles. The molecule has 2 aromatic heterocycles. The molecule has 2 aromatic carbocycles. The SMILES string of the molecule is COc1ccc(CC(=O)N2CCN(C(=O)c3cc4ccoc4n3Cc3ccc(C)cc3)CC2C)cc1. The number of nitrogens with zero attached hydrogens (tertiary/aromatic N) is 3. The molecule has 1 saturated heterocycles. The van der Waals surface area contributed by atoms with Crippen molar-refractivity contribution >= 4 is 22.9 Å². The van der Waals surface area contributed by atoms with Crippen molar-refractivity contribution in [3.05, 3.63) is 89.3 Å². The molecule has 0 aliphatic carbocycles. The number of benzene rings is 2. The Morgan fingerprint density at radius 1 is 1.00 bits per heavy atom. The normalized spacial score (nSPS) is 15.9. The van der Waals surface area contributed by atoms with Crippen molar-refractivity contribution < 1.29 is 18.7 Å². The Bertz CT molecular complexity index is 1370. The van der Waals surface area contributed by atoms with E-state index in [4.69, 9.17) is 9.15 Å².